The molecular weight excluding hydrogens is 180 g/mol. The Kier molecular flexibility index (Phi) is 2.15. The number of aryl methyl sites for hydroxylation is 1. The van der Waals surface area contributed by atoms with Gasteiger partial charge in [0.2, 0.25) is 0 Å². The second-order valence-corrected chi connectivity index (χ2v) is 3.60. The van der Waals surface area contributed by atoms with Crippen LogP contribution in [0.4, 0.5) is 0 Å². The Morgan fingerprint density at radius 3 is 2.71 bits per heavy atom. The zero-order valence-electron chi connectivity index (χ0n) is 7.99. The second kappa shape index (κ2) is 3.33. The van der Waals surface area contributed by atoms with Crippen LogP contribution < -0.4 is 4.74 Å². The van der Waals surface area contributed by atoms with Gasteiger partial charge >= 0.3 is 5.97 Å². The SMILES string of the molecule is Cc1cc(OC2CC2)ccc1C(=O)O. The first-order valence-electron chi connectivity index (χ1n) is 4.67. The lowest BCUT2D eigenvalue weighted by molar-refractivity contribution is 0.0696. The van der Waals surface area contributed by atoms with Crippen molar-refractivity contribution in [1.82, 2.24) is 0 Å². The van der Waals surface area contributed by atoms with Crippen molar-refractivity contribution in [2.24, 2.45) is 0 Å². The fourth-order valence-corrected chi connectivity index (χ4v) is 1.33. The molecule has 0 aliphatic heterocycles. The molecule has 0 aromatic heterocycles. The highest BCUT2D eigenvalue weighted by atomic mass is 16.5. The minimum absolute atomic E-state index is 0.341. The normalized spacial score (nSPS) is 15.2. The van der Waals surface area contributed by atoms with E-state index in [0.717, 1.165) is 24.2 Å². The molecule has 0 radical (unpaired) electrons. The van der Waals surface area contributed by atoms with Crippen LogP contribution in [0.2, 0.25) is 0 Å². The molecule has 14 heavy (non-hydrogen) atoms. The van der Waals surface area contributed by atoms with Crippen molar-refractivity contribution in [3.63, 3.8) is 0 Å². The number of ether oxygens (including phenoxy) is 1. The highest BCUT2D eigenvalue weighted by Gasteiger charge is 2.23. The number of carboxylic acids is 1. The average molecular weight is 192 g/mol. The number of carbonyl (C=O) groups is 1. The molecule has 0 unspecified atom stereocenters. The second-order valence-electron chi connectivity index (χ2n) is 3.60. The van der Waals surface area contributed by atoms with Gasteiger partial charge in [0, 0.05) is 0 Å². The summed E-state index contributed by atoms with van der Waals surface area (Å²) in [6, 6.07) is 5.09. The average Bonchev–Trinajstić information content (AvgIpc) is 2.87. The lowest BCUT2D eigenvalue weighted by Gasteiger charge is -2.06. The predicted octanol–water partition coefficient (Wildman–Crippen LogP) is 2.23. The molecule has 0 bridgehead atoms. The summed E-state index contributed by atoms with van der Waals surface area (Å²) in [5.41, 5.74) is 1.09. The summed E-state index contributed by atoms with van der Waals surface area (Å²) in [6.45, 7) is 1.78. The first kappa shape index (κ1) is 9.06. The molecule has 1 fully saturated rings. The number of hydrogen-bond donors (Lipinski definition) is 1. The van der Waals surface area contributed by atoms with E-state index in [4.69, 9.17) is 9.84 Å². The molecule has 0 saturated heterocycles. The van der Waals surface area contributed by atoms with Gasteiger partial charge in [-0.3, -0.25) is 0 Å². The van der Waals surface area contributed by atoms with Crippen molar-refractivity contribution in [2.45, 2.75) is 25.9 Å². The van der Waals surface area contributed by atoms with Gasteiger partial charge in [0.05, 0.1) is 11.7 Å². The molecule has 0 atom stereocenters. The predicted molar refractivity (Wildman–Crippen MR) is 51.8 cm³/mol. The van der Waals surface area contributed by atoms with Crippen molar-refractivity contribution < 1.29 is 14.6 Å². The largest absolute Gasteiger partial charge is 0.490 e. The van der Waals surface area contributed by atoms with E-state index in [2.05, 4.69) is 0 Å². The maximum absolute atomic E-state index is 10.7. The minimum Gasteiger partial charge on any atom is -0.490 e. The lowest BCUT2D eigenvalue weighted by Crippen LogP contribution is -2.01. The summed E-state index contributed by atoms with van der Waals surface area (Å²) in [5, 5.41) is 8.81. The van der Waals surface area contributed by atoms with Gasteiger partial charge in [-0.2, -0.15) is 0 Å². The smallest absolute Gasteiger partial charge is 0.335 e. The van der Waals surface area contributed by atoms with Gasteiger partial charge in [0.15, 0.2) is 0 Å². The quantitative estimate of drug-likeness (QED) is 0.798. The molecule has 74 valence electrons. The maximum atomic E-state index is 10.7. The summed E-state index contributed by atoms with van der Waals surface area (Å²) in [6.07, 6.45) is 2.57. The van der Waals surface area contributed by atoms with E-state index in [1.807, 2.05) is 0 Å². The highest BCUT2D eigenvalue weighted by Crippen LogP contribution is 2.27. The van der Waals surface area contributed by atoms with Crippen LogP contribution in [0.25, 0.3) is 0 Å². The van der Waals surface area contributed by atoms with Crippen molar-refractivity contribution in [1.29, 1.82) is 0 Å². The first-order chi connectivity index (χ1) is 6.66. The highest BCUT2D eigenvalue weighted by molar-refractivity contribution is 5.89. The Labute approximate surface area is 82.3 Å². The Morgan fingerprint density at radius 2 is 2.21 bits per heavy atom. The van der Waals surface area contributed by atoms with Gasteiger partial charge in [-0.25, -0.2) is 4.79 Å². The number of carboxylic acid groups (broad SMARTS) is 1. The van der Waals surface area contributed by atoms with E-state index in [1.54, 1.807) is 25.1 Å². The van der Waals surface area contributed by atoms with Crippen LogP contribution >= 0.6 is 0 Å². The summed E-state index contributed by atoms with van der Waals surface area (Å²) in [7, 11) is 0. The molecule has 3 nitrogen and oxygen atoms in total. The standard InChI is InChI=1S/C11H12O3/c1-7-6-9(14-8-2-3-8)4-5-10(7)11(12)13/h4-6,8H,2-3H2,1H3,(H,12,13). The Balaban J connectivity index is 2.20. The van der Waals surface area contributed by atoms with Gasteiger partial charge in [0.1, 0.15) is 5.75 Å². The molecule has 1 aliphatic rings. The first-order valence-corrected chi connectivity index (χ1v) is 4.67. The topological polar surface area (TPSA) is 46.5 Å². The van der Waals surface area contributed by atoms with Crippen LogP contribution in [0.1, 0.15) is 28.8 Å². The summed E-state index contributed by atoms with van der Waals surface area (Å²) in [4.78, 5) is 10.7. The van der Waals surface area contributed by atoms with E-state index >= 15 is 0 Å². The molecule has 1 saturated carbocycles. The molecule has 1 N–H and O–H groups in total. The molecule has 0 amide bonds. The summed E-state index contributed by atoms with van der Waals surface area (Å²) in [5.74, 6) is -0.115. The molecule has 0 spiro atoms. The van der Waals surface area contributed by atoms with Crippen molar-refractivity contribution in [3.8, 4) is 5.75 Å². The van der Waals surface area contributed by atoms with E-state index in [0.29, 0.717) is 11.7 Å². The van der Waals surface area contributed by atoms with E-state index in [9.17, 15) is 4.79 Å². The van der Waals surface area contributed by atoms with Crippen LogP contribution in [0, 0.1) is 6.92 Å². The number of benzene rings is 1. The number of rotatable bonds is 3. The van der Waals surface area contributed by atoms with Crippen LogP contribution in [0.15, 0.2) is 18.2 Å². The maximum Gasteiger partial charge on any atom is 0.335 e. The third kappa shape index (κ3) is 1.87. The van der Waals surface area contributed by atoms with Crippen molar-refractivity contribution in [2.75, 3.05) is 0 Å². The fourth-order valence-electron chi connectivity index (χ4n) is 1.33. The summed E-state index contributed by atoms with van der Waals surface area (Å²) < 4.78 is 5.55. The van der Waals surface area contributed by atoms with Crippen LogP contribution in [-0.2, 0) is 0 Å². The summed E-state index contributed by atoms with van der Waals surface area (Å²) >= 11 is 0. The molecular formula is C11H12O3. The van der Waals surface area contributed by atoms with E-state index in [1.165, 1.54) is 0 Å². The fraction of sp³-hybridized carbons (Fsp3) is 0.364. The molecule has 1 aromatic carbocycles. The molecule has 3 heteroatoms. The van der Waals surface area contributed by atoms with E-state index < -0.39 is 5.97 Å². The molecule has 0 heterocycles. The number of aromatic carboxylic acids is 1. The van der Waals surface area contributed by atoms with Gasteiger partial charge in [-0.1, -0.05) is 0 Å². The van der Waals surface area contributed by atoms with Crippen molar-refractivity contribution in [3.05, 3.63) is 29.3 Å². The monoisotopic (exact) mass is 192 g/mol. The zero-order chi connectivity index (χ0) is 10.1. The van der Waals surface area contributed by atoms with Gasteiger partial charge in [-0.15, -0.1) is 0 Å². The lowest BCUT2D eigenvalue weighted by atomic mass is 10.1. The number of hydrogen-bond acceptors (Lipinski definition) is 2. The zero-order valence-corrected chi connectivity index (χ0v) is 7.99. The van der Waals surface area contributed by atoms with Crippen LogP contribution in [0.3, 0.4) is 0 Å². The Hall–Kier alpha value is -1.51. The Bertz CT molecular complexity index is 367. The van der Waals surface area contributed by atoms with Gasteiger partial charge in [-0.05, 0) is 43.5 Å². The minimum atomic E-state index is -0.888. The van der Waals surface area contributed by atoms with E-state index in [-0.39, 0.29) is 0 Å². The van der Waals surface area contributed by atoms with Gasteiger partial charge in [0.25, 0.3) is 0 Å². The molecule has 1 aliphatic carbocycles. The van der Waals surface area contributed by atoms with Crippen LogP contribution in [0.5, 0.6) is 5.75 Å². The third-order valence-corrected chi connectivity index (χ3v) is 2.26. The van der Waals surface area contributed by atoms with Crippen LogP contribution in [-0.4, -0.2) is 17.2 Å². The molecule has 2 rings (SSSR count). The Morgan fingerprint density at radius 1 is 1.50 bits per heavy atom. The third-order valence-electron chi connectivity index (χ3n) is 2.26. The van der Waals surface area contributed by atoms with Crippen molar-refractivity contribution >= 4 is 5.97 Å². The van der Waals surface area contributed by atoms with Gasteiger partial charge < -0.3 is 9.84 Å². The molecule has 1 aromatic rings.